The Bertz CT molecular complexity index is 369. The molecule has 0 bridgehead atoms. The van der Waals surface area contributed by atoms with Gasteiger partial charge in [0.05, 0.1) is 5.56 Å². The number of halogens is 2. The van der Waals surface area contributed by atoms with Gasteiger partial charge in [-0.25, -0.2) is 0 Å². The first-order valence-corrected chi connectivity index (χ1v) is 5.18. The molecule has 2 N–H and O–H groups in total. The predicted octanol–water partition coefficient (Wildman–Crippen LogP) is 1.18. The van der Waals surface area contributed by atoms with Crippen LogP contribution in [0.1, 0.15) is 16.1 Å². The van der Waals surface area contributed by atoms with E-state index in [-0.39, 0.29) is 30.7 Å². The van der Waals surface area contributed by atoms with Crippen molar-refractivity contribution in [2.45, 2.75) is 6.92 Å². The largest absolute Gasteiger partial charge is 0.352 e. The average molecular weight is 278 g/mol. The first-order chi connectivity index (χ1) is 7.27. The van der Waals surface area contributed by atoms with Crippen molar-refractivity contribution in [3.63, 3.8) is 0 Å². The maximum Gasteiger partial charge on any atom is 0.253 e. The van der Waals surface area contributed by atoms with Gasteiger partial charge in [-0.1, -0.05) is 0 Å². The first-order valence-electron chi connectivity index (χ1n) is 5.18. The van der Waals surface area contributed by atoms with E-state index in [1.165, 1.54) is 0 Å². The molecule has 1 aromatic rings. The van der Waals surface area contributed by atoms with Gasteiger partial charge in [-0.05, 0) is 19.1 Å². The van der Waals surface area contributed by atoms with E-state index in [2.05, 4.69) is 15.6 Å². The Balaban J connectivity index is 0.00000128. The van der Waals surface area contributed by atoms with E-state index in [9.17, 15) is 4.79 Å². The summed E-state index contributed by atoms with van der Waals surface area (Å²) in [4.78, 5) is 15.8. The van der Waals surface area contributed by atoms with Crippen LogP contribution in [0.15, 0.2) is 18.3 Å². The summed E-state index contributed by atoms with van der Waals surface area (Å²) in [6.45, 7) is 4.61. The van der Waals surface area contributed by atoms with Gasteiger partial charge in [0.25, 0.3) is 5.91 Å². The summed E-state index contributed by atoms with van der Waals surface area (Å²) >= 11 is 0. The SMILES string of the molecule is Cc1ncccc1C(=O)NCC1CNC1.Cl.Cl. The maximum absolute atomic E-state index is 11.7. The van der Waals surface area contributed by atoms with Crippen LogP contribution in [0.3, 0.4) is 0 Å². The van der Waals surface area contributed by atoms with Crippen LogP contribution in [0.2, 0.25) is 0 Å². The van der Waals surface area contributed by atoms with Crippen LogP contribution < -0.4 is 10.6 Å². The zero-order valence-electron chi connectivity index (χ0n) is 9.60. The number of amides is 1. The van der Waals surface area contributed by atoms with Crippen molar-refractivity contribution >= 4 is 30.7 Å². The molecule has 0 spiro atoms. The second kappa shape index (κ2) is 7.48. The van der Waals surface area contributed by atoms with E-state index in [1.54, 1.807) is 18.3 Å². The Hall–Kier alpha value is -0.840. The monoisotopic (exact) mass is 277 g/mol. The number of carbonyl (C=O) groups is 1. The van der Waals surface area contributed by atoms with Crippen molar-refractivity contribution in [3.8, 4) is 0 Å². The molecule has 1 aliphatic heterocycles. The van der Waals surface area contributed by atoms with Crippen molar-refractivity contribution < 1.29 is 4.79 Å². The Morgan fingerprint density at radius 2 is 2.24 bits per heavy atom. The minimum Gasteiger partial charge on any atom is -0.352 e. The summed E-state index contributed by atoms with van der Waals surface area (Å²) in [7, 11) is 0. The van der Waals surface area contributed by atoms with Crippen LogP contribution in [0.25, 0.3) is 0 Å². The molecule has 0 aromatic carbocycles. The zero-order chi connectivity index (χ0) is 10.7. The molecule has 0 radical (unpaired) electrons. The molecule has 6 heteroatoms. The van der Waals surface area contributed by atoms with E-state index in [0.29, 0.717) is 11.5 Å². The summed E-state index contributed by atoms with van der Waals surface area (Å²) in [5, 5.41) is 6.10. The number of hydrogen-bond donors (Lipinski definition) is 2. The minimum atomic E-state index is -0.0208. The summed E-state index contributed by atoms with van der Waals surface area (Å²) in [6.07, 6.45) is 1.70. The highest BCUT2D eigenvalue weighted by atomic mass is 35.5. The van der Waals surface area contributed by atoms with Crippen molar-refractivity contribution in [1.82, 2.24) is 15.6 Å². The van der Waals surface area contributed by atoms with E-state index in [1.807, 2.05) is 6.92 Å². The lowest BCUT2D eigenvalue weighted by Crippen LogP contribution is -2.48. The van der Waals surface area contributed by atoms with Crippen LogP contribution in [-0.4, -0.2) is 30.5 Å². The molecule has 2 rings (SSSR count). The highest BCUT2D eigenvalue weighted by Gasteiger charge is 2.18. The predicted molar refractivity (Wildman–Crippen MR) is 72.2 cm³/mol. The van der Waals surface area contributed by atoms with E-state index >= 15 is 0 Å². The Morgan fingerprint density at radius 3 is 2.76 bits per heavy atom. The third-order valence-corrected chi connectivity index (χ3v) is 2.67. The quantitative estimate of drug-likeness (QED) is 0.873. The van der Waals surface area contributed by atoms with Crippen LogP contribution in [0, 0.1) is 12.8 Å². The molecule has 0 atom stereocenters. The van der Waals surface area contributed by atoms with Crippen molar-refractivity contribution in [2.24, 2.45) is 5.92 Å². The maximum atomic E-state index is 11.7. The van der Waals surface area contributed by atoms with Crippen LogP contribution in [0.5, 0.6) is 0 Å². The number of aromatic nitrogens is 1. The van der Waals surface area contributed by atoms with Crippen molar-refractivity contribution in [2.75, 3.05) is 19.6 Å². The fourth-order valence-electron chi connectivity index (χ4n) is 1.55. The van der Waals surface area contributed by atoms with Gasteiger partial charge >= 0.3 is 0 Å². The number of carbonyl (C=O) groups excluding carboxylic acids is 1. The highest BCUT2D eigenvalue weighted by Crippen LogP contribution is 2.05. The summed E-state index contributed by atoms with van der Waals surface area (Å²) in [5.41, 5.74) is 1.45. The van der Waals surface area contributed by atoms with Gasteiger partial charge in [-0.2, -0.15) is 0 Å². The normalized spacial score (nSPS) is 13.9. The third kappa shape index (κ3) is 4.15. The molecule has 0 saturated carbocycles. The number of aryl methyl sites for hydroxylation is 1. The lowest BCUT2D eigenvalue weighted by atomic mass is 10.0. The Kier molecular flexibility index (Phi) is 7.11. The third-order valence-electron chi connectivity index (χ3n) is 2.67. The number of rotatable bonds is 3. The topological polar surface area (TPSA) is 54.0 Å². The van der Waals surface area contributed by atoms with Crippen LogP contribution in [0.4, 0.5) is 0 Å². The molecule has 4 nitrogen and oxygen atoms in total. The Labute approximate surface area is 113 Å². The molecule has 1 amide bonds. The lowest BCUT2D eigenvalue weighted by Gasteiger charge is -2.27. The summed E-state index contributed by atoms with van der Waals surface area (Å²) in [6, 6.07) is 3.59. The molecule has 17 heavy (non-hydrogen) atoms. The lowest BCUT2D eigenvalue weighted by molar-refractivity contribution is 0.0941. The minimum absolute atomic E-state index is 0. The van der Waals surface area contributed by atoms with Gasteiger partial charge in [-0.15, -0.1) is 24.8 Å². The molecule has 0 aliphatic carbocycles. The number of nitrogens with zero attached hydrogens (tertiary/aromatic N) is 1. The molecule has 1 aliphatic rings. The summed E-state index contributed by atoms with van der Waals surface area (Å²) in [5.74, 6) is 0.568. The molecule has 1 saturated heterocycles. The molecule has 2 heterocycles. The van der Waals surface area contributed by atoms with Gasteiger partial charge in [0.2, 0.25) is 0 Å². The van der Waals surface area contributed by atoms with Gasteiger partial charge in [0.15, 0.2) is 0 Å². The van der Waals surface area contributed by atoms with Crippen molar-refractivity contribution in [3.05, 3.63) is 29.6 Å². The van der Waals surface area contributed by atoms with E-state index in [0.717, 1.165) is 25.3 Å². The second-order valence-electron chi connectivity index (χ2n) is 3.87. The Morgan fingerprint density at radius 1 is 1.53 bits per heavy atom. The number of nitrogens with one attached hydrogen (secondary N) is 2. The van der Waals surface area contributed by atoms with Crippen molar-refractivity contribution in [1.29, 1.82) is 0 Å². The smallest absolute Gasteiger partial charge is 0.253 e. The van der Waals surface area contributed by atoms with E-state index in [4.69, 9.17) is 0 Å². The summed E-state index contributed by atoms with van der Waals surface area (Å²) < 4.78 is 0. The fourth-order valence-corrected chi connectivity index (χ4v) is 1.55. The van der Waals surface area contributed by atoms with Gasteiger partial charge in [-0.3, -0.25) is 9.78 Å². The number of hydrogen-bond acceptors (Lipinski definition) is 3. The first kappa shape index (κ1) is 16.2. The fraction of sp³-hybridized carbons (Fsp3) is 0.455. The molecule has 1 aromatic heterocycles. The molecular formula is C11H17Cl2N3O. The molecule has 1 fully saturated rings. The van der Waals surface area contributed by atoms with E-state index < -0.39 is 0 Å². The second-order valence-corrected chi connectivity index (χ2v) is 3.87. The highest BCUT2D eigenvalue weighted by molar-refractivity contribution is 5.95. The van der Waals surface area contributed by atoms with Gasteiger partial charge in [0.1, 0.15) is 0 Å². The zero-order valence-corrected chi connectivity index (χ0v) is 11.2. The standard InChI is InChI=1S/C11H15N3O.2ClH/c1-8-10(3-2-4-13-8)11(15)14-7-9-5-12-6-9;;/h2-4,9,12H,5-7H2,1H3,(H,14,15);2*1H. The molecule has 0 unspecified atom stereocenters. The van der Waals surface area contributed by atoms with Gasteiger partial charge < -0.3 is 10.6 Å². The van der Waals surface area contributed by atoms with Crippen LogP contribution in [-0.2, 0) is 0 Å². The van der Waals surface area contributed by atoms with Gasteiger partial charge in [0, 0.05) is 37.4 Å². The van der Waals surface area contributed by atoms with Crippen LogP contribution >= 0.6 is 24.8 Å². The molecular weight excluding hydrogens is 261 g/mol. The molecule has 96 valence electrons. The average Bonchev–Trinajstić information content (AvgIpc) is 2.16. The number of pyridine rings is 1.